The molecule has 2 aromatic heterocycles. The van der Waals surface area contributed by atoms with Crippen molar-refractivity contribution in [2.45, 2.75) is 18.4 Å². The van der Waals surface area contributed by atoms with Crippen molar-refractivity contribution in [3.05, 3.63) is 40.3 Å². The molecule has 1 aromatic carbocycles. The minimum Gasteiger partial charge on any atom is -0.496 e. The van der Waals surface area contributed by atoms with E-state index >= 15 is 0 Å². The van der Waals surface area contributed by atoms with Crippen LogP contribution in [0.3, 0.4) is 0 Å². The molecule has 29 heavy (non-hydrogen) atoms. The second-order valence-electron chi connectivity index (χ2n) is 6.06. The van der Waals surface area contributed by atoms with Gasteiger partial charge in [0, 0.05) is 26.0 Å². The third-order valence-corrected chi connectivity index (χ3v) is 5.02. The van der Waals surface area contributed by atoms with Crippen molar-refractivity contribution in [3.8, 4) is 11.4 Å². The molecule has 9 nitrogen and oxygen atoms in total. The molecule has 0 radical (unpaired) electrons. The Balaban J connectivity index is 2.24. The summed E-state index contributed by atoms with van der Waals surface area (Å²) in [5, 5.41) is 4.01. The minimum absolute atomic E-state index is 0.284. The lowest BCUT2D eigenvalue weighted by atomic mass is 10.1. The van der Waals surface area contributed by atoms with Gasteiger partial charge in [-0.3, -0.25) is 4.79 Å². The first-order valence-corrected chi connectivity index (χ1v) is 10.0. The monoisotopic (exact) mass is 417 g/mol. The van der Waals surface area contributed by atoms with Crippen LogP contribution in [0.4, 0.5) is 5.95 Å². The normalized spacial score (nSPS) is 11.2. The highest BCUT2D eigenvalue weighted by Gasteiger charge is 2.18. The number of nitrogens with zero attached hydrogens (tertiary/aromatic N) is 4. The van der Waals surface area contributed by atoms with Crippen LogP contribution in [0.1, 0.15) is 5.56 Å². The standard InChI is InChI=1S/C19H23N5O4S/c1-11-13(7-6-8-14(11)26-2)24-17(25)12-9-21-19(29-5)23-16(12)22-18(24)20-10-15(27-3)28-4/h6-9,15H,10H2,1-5H3,(H,20,21,22,23). The van der Waals surface area contributed by atoms with Crippen LogP contribution in [0.5, 0.6) is 5.75 Å². The van der Waals surface area contributed by atoms with E-state index in [2.05, 4.69) is 20.3 Å². The number of methoxy groups -OCH3 is 3. The van der Waals surface area contributed by atoms with E-state index in [4.69, 9.17) is 14.2 Å². The number of nitrogens with one attached hydrogen (secondary N) is 1. The molecule has 3 aromatic rings. The molecule has 154 valence electrons. The van der Waals surface area contributed by atoms with Crippen molar-refractivity contribution in [2.24, 2.45) is 0 Å². The Morgan fingerprint density at radius 1 is 1.21 bits per heavy atom. The van der Waals surface area contributed by atoms with E-state index < -0.39 is 6.29 Å². The van der Waals surface area contributed by atoms with Crippen molar-refractivity contribution in [1.29, 1.82) is 0 Å². The molecule has 0 aliphatic rings. The van der Waals surface area contributed by atoms with E-state index in [1.807, 2.05) is 31.4 Å². The first-order chi connectivity index (χ1) is 14.0. The van der Waals surface area contributed by atoms with Gasteiger partial charge in [-0.15, -0.1) is 0 Å². The van der Waals surface area contributed by atoms with Crippen LogP contribution in [0.15, 0.2) is 34.3 Å². The van der Waals surface area contributed by atoms with E-state index in [-0.39, 0.29) is 12.1 Å². The van der Waals surface area contributed by atoms with Gasteiger partial charge >= 0.3 is 0 Å². The average molecular weight is 417 g/mol. The molecule has 0 unspecified atom stereocenters. The Kier molecular flexibility index (Phi) is 6.68. The summed E-state index contributed by atoms with van der Waals surface area (Å²) in [5.41, 5.74) is 1.48. The summed E-state index contributed by atoms with van der Waals surface area (Å²) in [5.74, 6) is 0.991. The summed E-state index contributed by atoms with van der Waals surface area (Å²) in [7, 11) is 4.67. The minimum atomic E-state index is -0.505. The number of thioether (sulfide) groups is 1. The smallest absolute Gasteiger partial charge is 0.270 e. The van der Waals surface area contributed by atoms with E-state index in [0.717, 1.165) is 5.56 Å². The summed E-state index contributed by atoms with van der Waals surface area (Å²) in [4.78, 5) is 26.6. The van der Waals surface area contributed by atoms with Crippen LogP contribution in [-0.2, 0) is 9.47 Å². The zero-order valence-electron chi connectivity index (χ0n) is 16.9. The molecule has 0 atom stereocenters. The Morgan fingerprint density at radius 3 is 2.62 bits per heavy atom. The van der Waals surface area contributed by atoms with E-state index in [1.54, 1.807) is 21.3 Å². The summed E-state index contributed by atoms with van der Waals surface area (Å²) < 4.78 is 17.4. The lowest BCUT2D eigenvalue weighted by Gasteiger charge is -2.19. The van der Waals surface area contributed by atoms with Gasteiger partial charge in [0.05, 0.1) is 19.3 Å². The van der Waals surface area contributed by atoms with Crippen LogP contribution < -0.4 is 15.6 Å². The molecule has 0 amide bonds. The molecule has 0 saturated heterocycles. The van der Waals surface area contributed by atoms with Gasteiger partial charge in [-0.25, -0.2) is 14.5 Å². The van der Waals surface area contributed by atoms with Gasteiger partial charge in [0.2, 0.25) is 5.95 Å². The summed E-state index contributed by atoms with van der Waals surface area (Å²) in [6, 6.07) is 5.49. The van der Waals surface area contributed by atoms with Gasteiger partial charge in [0.25, 0.3) is 5.56 Å². The van der Waals surface area contributed by atoms with Crippen LogP contribution >= 0.6 is 11.8 Å². The molecule has 0 bridgehead atoms. The largest absolute Gasteiger partial charge is 0.496 e. The maximum absolute atomic E-state index is 13.4. The lowest BCUT2D eigenvalue weighted by molar-refractivity contribution is -0.0915. The van der Waals surface area contributed by atoms with Gasteiger partial charge in [0.1, 0.15) is 11.1 Å². The molecular weight excluding hydrogens is 394 g/mol. The fraction of sp³-hybridized carbons (Fsp3) is 0.368. The summed E-state index contributed by atoms with van der Waals surface area (Å²) in [6.45, 7) is 2.17. The van der Waals surface area contributed by atoms with Gasteiger partial charge in [-0.05, 0) is 25.3 Å². The van der Waals surface area contributed by atoms with E-state index in [0.29, 0.717) is 33.6 Å². The fourth-order valence-electron chi connectivity index (χ4n) is 2.90. The highest BCUT2D eigenvalue weighted by Crippen LogP contribution is 2.26. The third-order valence-electron chi connectivity index (χ3n) is 4.46. The maximum atomic E-state index is 13.4. The zero-order chi connectivity index (χ0) is 21.0. The summed E-state index contributed by atoms with van der Waals surface area (Å²) >= 11 is 1.38. The van der Waals surface area contributed by atoms with Crippen LogP contribution in [-0.4, -0.2) is 59.9 Å². The average Bonchev–Trinajstić information content (AvgIpc) is 2.75. The number of fused-ring (bicyclic) bond motifs is 1. The van der Waals surface area contributed by atoms with Crippen LogP contribution in [0.2, 0.25) is 0 Å². The second-order valence-corrected chi connectivity index (χ2v) is 6.83. The number of rotatable bonds is 8. The first kappa shape index (κ1) is 21.0. The summed E-state index contributed by atoms with van der Waals surface area (Å²) in [6.07, 6.45) is 2.87. The van der Waals surface area contributed by atoms with Gasteiger partial charge in [-0.1, -0.05) is 17.8 Å². The first-order valence-electron chi connectivity index (χ1n) is 8.81. The molecule has 3 rings (SSSR count). The number of anilines is 1. The molecule has 0 saturated carbocycles. The number of aromatic nitrogens is 4. The fourth-order valence-corrected chi connectivity index (χ4v) is 3.24. The SMILES string of the molecule is COc1cccc(-n2c(NCC(OC)OC)nc3nc(SC)ncc3c2=O)c1C. The Hall–Kier alpha value is -2.69. The molecule has 0 fully saturated rings. The maximum Gasteiger partial charge on any atom is 0.270 e. The van der Waals surface area contributed by atoms with Gasteiger partial charge in [-0.2, -0.15) is 4.98 Å². The Labute approximate surface area is 172 Å². The molecule has 2 heterocycles. The molecule has 0 aliphatic carbocycles. The Bertz CT molecular complexity index is 1070. The lowest BCUT2D eigenvalue weighted by Crippen LogP contribution is -2.29. The van der Waals surface area contributed by atoms with Gasteiger partial charge in [0.15, 0.2) is 17.1 Å². The van der Waals surface area contributed by atoms with E-state index in [1.165, 1.54) is 22.5 Å². The zero-order valence-corrected chi connectivity index (χ0v) is 17.7. The second kappa shape index (κ2) is 9.21. The number of benzene rings is 1. The number of ether oxygens (including phenoxy) is 3. The highest BCUT2D eigenvalue weighted by molar-refractivity contribution is 7.98. The molecular formula is C19H23N5O4S. The Morgan fingerprint density at radius 2 is 1.97 bits per heavy atom. The topological polar surface area (TPSA) is 100 Å². The third kappa shape index (κ3) is 4.19. The van der Waals surface area contributed by atoms with Crippen molar-refractivity contribution >= 4 is 28.7 Å². The predicted octanol–water partition coefficient (Wildman–Crippen LogP) is 2.25. The quantitative estimate of drug-likeness (QED) is 0.336. The van der Waals surface area contributed by atoms with Crippen LogP contribution in [0.25, 0.3) is 16.7 Å². The molecule has 10 heteroatoms. The number of hydrogen-bond acceptors (Lipinski definition) is 9. The molecule has 0 spiro atoms. The highest BCUT2D eigenvalue weighted by atomic mass is 32.2. The van der Waals surface area contributed by atoms with Crippen molar-refractivity contribution in [2.75, 3.05) is 39.4 Å². The predicted molar refractivity (Wildman–Crippen MR) is 112 cm³/mol. The van der Waals surface area contributed by atoms with Crippen molar-refractivity contribution in [1.82, 2.24) is 19.5 Å². The number of hydrogen-bond donors (Lipinski definition) is 1. The molecule has 0 aliphatic heterocycles. The molecule has 1 N–H and O–H groups in total. The van der Waals surface area contributed by atoms with Crippen LogP contribution in [0, 0.1) is 6.92 Å². The van der Waals surface area contributed by atoms with Crippen molar-refractivity contribution < 1.29 is 14.2 Å². The van der Waals surface area contributed by atoms with Gasteiger partial charge < -0.3 is 19.5 Å². The van der Waals surface area contributed by atoms with Crippen molar-refractivity contribution in [3.63, 3.8) is 0 Å². The van der Waals surface area contributed by atoms with E-state index in [9.17, 15) is 4.79 Å².